The Morgan fingerprint density at radius 2 is 2.38 bits per heavy atom. The second kappa shape index (κ2) is 3.95. The number of carbonyl (C=O) groups excluding carboxylic acids is 1. The van der Waals surface area contributed by atoms with E-state index in [2.05, 4.69) is 0 Å². The fraction of sp³-hybridized carbons (Fsp3) is 0.400. The molecule has 0 saturated carbocycles. The van der Waals surface area contributed by atoms with Crippen molar-refractivity contribution in [1.82, 2.24) is 4.90 Å². The van der Waals surface area contributed by atoms with Gasteiger partial charge in [-0.05, 0) is 12.5 Å². The van der Waals surface area contributed by atoms with E-state index in [-0.39, 0.29) is 17.0 Å². The topological polar surface area (TPSA) is 83.6 Å². The minimum absolute atomic E-state index is 0.0774. The van der Waals surface area contributed by atoms with Gasteiger partial charge in [-0.3, -0.25) is 9.69 Å². The third-order valence-corrected chi connectivity index (χ3v) is 3.93. The molecule has 0 unspecified atom stereocenters. The molecule has 1 fully saturated rings. The van der Waals surface area contributed by atoms with E-state index in [9.17, 15) is 9.59 Å². The summed E-state index contributed by atoms with van der Waals surface area (Å²) in [6.07, 6.45) is 3.49. The van der Waals surface area contributed by atoms with Gasteiger partial charge in [-0.25, -0.2) is 4.79 Å². The second-order valence-electron chi connectivity index (χ2n) is 3.61. The van der Waals surface area contributed by atoms with Crippen molar-refractivity contribution in [3.8, 4) is 0 Å². The summed E-state index contributed by atoms with van der Waals surface area (Å²) in [5, 5.41) is 8.91. The minimum atomic E-state index is -1.07. The summed E-state index contributed by atoms with van der Waals surface area (Å²) in [6.45, 7) is 1.81. The summed E-state index contributed by atoms with van der Waals surface area (Å²) < 4.78 is 0. The lowest BCUT2D eigenvalue weighted by atomic mass is 10.0. The zero-order valence-corrected chi connectivity index (χ0v) is 9.53. The molecule has 2 atom stereocenters. The number of carbonyl (C=O) groups is 2. The number of β-lactam (4-membered cyclic amide) rings is 1. The number of hydrogen-bond donors (Lipinski definition) is 2. The molecule has 0 aromatic rings. The molecule has 0 aliphatic carbocycles. The summed E-state index contributed by atoms with van der Waals surface area (Å²) in [5.74, 6) is -0.802. The van der Waals surface area contributed by atoms with Crippen LogP contribution in [0.1, 0.15) is 6.92 Å². The van der Waals surface area contributed by atoms with Crippen molar-refractivity contribution in [1.29, 1.82) is 0 Å². The Bertz CT molecular complexity index is 416. The summed E-state index contributed by atoms with van der Waals surface area (Å²) in [7, 11) is 0. The molecule has 2 aliphatic rings. The molecule has 2 rings (SSSR count). The largest absolute Gasteiger partial charge is 0.477 e. The fourth-order valence-electron chi connectivity index (χ4n) is 1.87. The molecule has 1 amide bonds. The minimum Gasteiger partial charge on any atom is -0.477 e. The molecule has 0 radical (unpaired) electrons. The molecule has 3 N–H and O–H groups in total. The van der Waals surface area contributed by atoms with Gasteiger partial charge < -0.3 is 10.8 Å². The number of thioether (sulfide) groups is 1. The maximum Gasteiger partial charge on any atom is 0.352 e. The molecular formula is C10H12N2O3S. The summed E-state index contributed by atoms with van der Waals surface area (Å²) in [5.41, 5.74) is 6.35. The molecule has 0 spiro atoms. The number of carboxylic acids is 1. The van der Waals surface area contributed by atoms with Crippen molar-refractivity contribution in [2.24, 2.45) is 5.73 Å². The average Bonchev–Trinajstić information content (AvgIpc) is 2.27. The molecule has 2 aliphatic heterocycles. The Balaban J connectivity index is 2.41. The normalized spacial score (nSPS) is 29.4. The maximum atomic E-state index is 11.5. The lowest BCUT2D eigenvalue weighted by Gasteiger charge is -2.47. The first-order chi connectivity index (χ1) is 7.57. The molecule has 0 aromatic carbocycles. The van der Waals surface area contributed by atoms with E-state index in [0.29, 0.717) is 11.3 Å². The molecule has 16 heavy (non-hydrogen) atoms. The average molecular weight is 240 g/mol. The predicted molar refractivity (Wildman–Crippen MR) is 60.5 cm³/mol. The number of hydrogen-bond acceptors (Lipinski definition) is 4. The number of aliphatic carboxylic acids is 1. The van der Waals surface area contributed by atoms with Crippen LogP contribution in [-0.4, -0.2) is 39.1 Å². The Morgan fingerprint density at radius 3 is 2.94 bits per heavy atom. The Hall–Kier alpha value is -1.27. The van der Waals surface area contributed by atoms with Crippen LogP contribution in [0.15, 0.2) is 23.4 Å². The van der Waals surface area contributed by atoms with E-state index in [1.54, 1.807) is 12.2 Å². The molecule has 5 nitrogen and oxygen atoms in total. The molecule has 2 heterocycles. The van der Waals surface area contributed by atoms with Gasteiger partial charge in [-0.15, -0.1) is 11.8 Å². The lowest BCUT2D eigenvalue weighted by Crippen LogP contribution is -2.68. The van der Waals surface area contributed by atoms with Gasteiger partial charge in [0.1, 0.15) is 17.1 Å². The fourth-order valence-corrected chi connectivity index (χ4v) is 3.13. The third kappa shape index (κ3) is 1.45. The van der Waals surface area contributed by atoms with Gasteiger partial charge in [0.25, 0.3) is 0 Å². The van der Waals surface area contributed by atoms with Crippen molar-refractivity contribution >= 4 is 23.6 Å². The number of fused-ring (bicyclic) bond motifs is 1. The highest BCUT2D eigenvalue weighted by Crippen LogP contribution is 2.39. The van der Waals surface area contributed by atoms with Gasteiger partial charge in [0.05, 0.1) is 0 Å². The number of amides is 1. The zero-order chi connectivity index (χ0) is 11.9. The predicted octanol–water partition coefficient (Wildman–Crippen LogP) is 0.144. The molecule has 86 valence electrons. The van der Waals surface area contributed by atoms with Gasteiger partial charge >= 0.3 is 5.97 Å². The van der Waals surface area contributed by atoms with Crippen LogP contribution in [0.25, 0.3) is 0 Å². The zero-order valence-electron chi connectivity index (χ0n) is 8.71. The van der Waals surface area contributed by atoms with E-state index in [0.717, 1.165) is 0 Å². The third-order valence-electron chi connectivity index (χ3n) is 2.61. The molecule has 0 bridgehead atoms. The van der Waals surface area contributed by atoms with Crippen molar-refractivity contribution in [3.05, 3.63) is 23.4 Å². The van der Waals surface area contributed by atoms with Crippen LogP contribution in [0.4, 0.5) is 0 Å². The van der Waals surface area contributed by atoms with Crippen LogP contribution in [0, 0.1) is 0 Å². The molecule has 0 aromatic heterocycles. The van der Waals surface area contributed by atoms with E-state index in [1.165, 1.54) is 16.7 Å². The van der Waals surface area contributed by atoms with Crippen LogP contribution in [0.2, 0.25) is 0 Å². The van der Waals surface area contributed by atoms with Crippen LogP contribution in [0.3, 0.4) is 0 Å². The van der Waals surface area contributed by atoms with Gasteiger partial charge in [0, 0.05) is 5.75 Å². The number of rotatable bonds is 2. The summed E-state index contributed by atoms with van der Waals surface area (Å²) in [6, 6.07) is -0.563. The first kappa shape index (κ1) is 11.2. The van der Waals surface area contributed by atoms with Gasteiger partial charge in [0.2, 0.25) is 5.91 Å². The van der Waals surface area contributed by atoms with Crippen LogP contribution in [0.5, 0.6) is 0 Å². The van der Waals surface area contributed by atoms with Gasteiger partial charge in [0.15, 0.2) is 0 Å². The SMILES string of the molecule is C/C=C\C1=C(C(=O)O)N2C(=O)[C@@H](N)[C@@H]2SC1. The quantitative estimate of drug-likeness (QED) is 0.671. The first-order valence-corrected chi connectivity index (χ1v) is 5.92. The van der Waals surface area contributed by atoms with Crippen LogP contribution in [-0.2, 0) is 9.59 Å². The molecule has 6 heteroatoms. The first-order valence-electron chi connectivity index (χ1n) is 4.87. The Kier molecular flexibility index (Phi) is 2.77. The smallest absolute Gasteiger partial charge is 0.352 e. The highest BCUT2D eigenvalue weighted by molar-refractivity contribution is 8.00. The maximum absolute atomic E-state index is 11.5. The molecule has 1 saturated heterocycles. The number of nitrogens with zero attached hydrogens (tertiary/aromatic N) is 1. The van der Waals surface area contributed by atoms with Gasteiger partial charge in [-0.2, -0.15) is 0 Å². The second-order valence-corrected chi connectivity index (χ2v) is 4.72. The highest BCUT2D eigenvalue weighted by Gasteiger charge is 2.51. The number of nitrogens with two attached hydrogens (primary N) is 1. The van der Waals surface area contributed by atoms with E-state index in [4.69, 9.17) is 10.8 Å². The monoisotopic (exact) mass is 240 g/mol. The van der Waals surface area contributed by atoms with Crippen LogP contribution < -0.4 is 5.73 Å². The lowest BCUT2D eigenvalue weighted by molar-refractivity contribution is -0.147. The van der Waals surface area contributed by atoms with Crippen molar-refractivity contribution in [2.45, 2.75) is 18.3 Å². The number of allylic oxidation sites excluding steroid dienone is 2. The number of carboxylic acid groups (broad SMARTS) is 1. The van der Waals surface area contributed by atoms with E-state index in [1.807, 2.05) is 6.92 Å². The van der Waals surface area contributed by atoms with E-state index >= 15 is 0 Å². The van der Waals surface area contributed by atoms with Gasteiger partial charge in [-0.1, -0.05) is 12.2 Å². The Morgan fingerprint density at radius 1 is 1.69 bits per heavy atom. The standard InChI is InChI=1S/C10H12N2O3S/c1-2-3-5-4-16-9-6(11)8(13)12(9)7(5)10(14)15/h2-3,6,9H,4,11H2,1H3,(H,14,15)/b3-2-/t6-,9+/m1/s1. The Labute approximate surface area is 97.0 Å². The summed E-state index contributed by atoms with van der Waals surface area (Å²) in [4.78, 5) is 24.0. The van der Waals surface area contributed by atoms with Crippen LogP contribution >= 0.6 is 11.8 Å². The molecular weight excluding hydrogens is 228 g/mol. The van der Waals surface area contributed by atoms with Crippen molar-refractivity contribution in [2.75, 3.05) is 5.75 Å². The van der Waals surface area contributed by atoms with E-state index < -0.39 is 12.0 Å². The highest BCUT2D eigenvalue weighted by atomic mass is 32.2. The summed E-state index contributed by atoms with van der Waals surface area (Å²) >= 11 is 1.50. The van der Waals surface area contributed by atoms with Crippen molar-refractivity contribution < 1.29 is 14.7 Å². The van der Waals surface area contributed by atoms with Crippen molar-refractivity contribution in [3.63, 3.8) is 0 Å².